The van der Waals surface area contributed by atoms with Crippen molar-refractivity contribution in [1.82, 2.24) is 0 Å². The summed E-state index contributed by atoms with van der Waals surface area (Å²) in [5.74, 6) is -0.103. The van der Waals surface area contributed by atoms with Crippen LogP contribution in [0, 0.1) is 11.8 Å². The third kappa shape index (κ3) is 4.44. The van der Waals surface area contributed by atoms with Gasteiger partial charge in [-0.05, 0) is 18.4 Å². The molecule has 3 nitrogen and oxygen atoms in total. The smallest absolute Gasteiger partial charge is 0.138 e. The minimum Gasteiger partial charge on any atom is -0.388 e. The highest BCUT2D eigenvalue weighted by molar-refractivity contribution is 5.81. The van der Waals surface area contributed by atoms with Crippen molar-refractivity contribution >= 4 is 5.78 Å². The second-order valence-corrected chi connectivity index (χ2v) is 5.23. The number of aliphatic hydroxyl groups is 1. The van der Waals surface area contributed by atoms with Gasteiger partial charge in [0.05, 0.1) is 12.2 Å². The molecule has 106 valence electrons. The highest BCUT2D eigenvalue weighted by atomic mass is 16.5. The van der Waals surface area contributed by atoms with Crippen LogP contribution in [0.2, 0.25) is 0 Å². The van der Waals surface area contributed by atoms with Crippen LogP contribution in [0.1, 0.15) is 38.9 Å². The number of ketones is 1. The van der Waals surface area contributed by atoms with Gasteiger partial charge in [-0.2, -0.15) is 0 Å². The third-order valence-electron chi connectivity index (χ3n) is 3.79. The van der Waals surface area contributed by atoms with Gasteiger partial charge in [-0.15, -0.1) is 0 Å². The van der Waals surface area contributed by atoms with Gasteiger partial charge >= 0.3 is 0 Å². The van der Waals surface area contributed by atoms with Crippen LogP contribution < -0.4 is 0 Å². The quantitative estimate of drug-likeness (QED) is 0.823. The van der Waals surface area contributed by atoms with Crippen molar-refractivity contribution in [3.8, 4) is 0 Å². The molecule has 1 aromatic rings. The molecule has 0 radical (unpaired) electrons. The minimum absolute atomic E-state index is 0.0893. The lowest BCUT2D eigenvalue weighted by Crippen LogP contribution is -2.27. The Balaban J connectivity index is 2.60. The summed E-state index contributed by atoms with van der Waals surface area (Å²) >= 11 is 0. The summed E-state index contributed by atoms with van der Waals surface area (Å²) in [7, 11) is 1.61. The topological polar surface area (TPSA) is 46.5 Å². The lowest BCUT2D eigenvalue weighted by Gasteiger charge is -2.22. The number of carbonyl (C=O) groups is 1. The summed E-state index contributed by atoms with van der Waals surface area (Å²) < 4.78 is 5.18. The summed E-state index contributed by atoms with van der Waals surface area (Å²) in [6.45, 7) is 5.67. The van der Waals surface area contributed by atoms with Crippen molar-refractivity contribution in [1.29, 1.82) is 0 Å². The number of hydrogen-bond acceptors (Lipinski definition) is 3. The maximum atomic E-state index is 12.1. The van der Waals surface area contributed by atoms with E-state index in [1.54, 1.807) is 7.11 Å². The highest BCUT2D eigenvalue weighted by Gasteiger charge is 2.25. The van der Waals surface area contributed by atoms with E-state index >= 15 is 0 Å². The van der Waals surface area contributed by atoms with Gasteiger partial charge in [0, 0.05) is 19.4 Å². The highest BCUT2D eigenvalue weighted by Crippen LogP contribution is 2.26. The SMILES string of the molecule is CO[C@@H](C)[C@@H](C)C(=O)C[C@H](C)[C@@H](O)c1ccccc1. The van der Waals surface area contributed by atoms with Crippen LogP contribution in [0.5, 0.6) is 0 Å². The summed E-state index contributed by atoms with van der Waals surface area (Å²) in [5, 5.41) is 10.2. The molecule has 19 heavy (non-hydrogen) atoms. The fourth-order valence-corrected chi connectivity index (χ4v) is 2.06. The Labute approximate surface area is 115 Å². The van der Waals surface area contributed by atoms with Gasteiger partial charge in [0.25, 0.3) is 0 Å². The third-order valence-corrected chi connectivity index (χ3v) is 3.79. The molecule has 0 heterocycles. The van der Waals surface area contributed by atoms with E-state index in [4.69, 9.17) is 4.74 Å². The monoisotopic (exact) mass is 264 g/mol. The average molecular weight is 264 g/mol. The Morgan fingerprint density at radius 3 is 2.32 bits per heavy atom. The van der Waals surface area contributed by atoms with Crippen LogP contribution in [0.15, 0.2) is 30.3 Å². The number of rotatable bonds is 7. The second kappa shape index (κ2) is 7.41. The largest absolute Gasteiger partial charge is 0.388 e. The molecule has 0 amide bonds. The van der Waals surface area contributed by atoms with Gasteiger partial charge in [0.2, 0.25) is 0 Å². The molecule has 0 fully saturated rings. The fraction of sp³-hybridized carbons (Fsp3) is 0.562. The first-order valence-electron chi connectivity index (χ1n) is 6.75. The van der Waals surface area contributed by atoms with E-state index in [2.05, 4.69) is 0 Å². The van der Waals surface area contributed by atoms with Crippen LogP contribution in [0.3, 0.4) is 0 Å². The van der Waals surface area contributed by atoms with Crippen LogP contribution in [-0.4, -0.2) is 24.1 Å². The van der Waals surface area contributed by atoms with E-state index < -0.39 is 6.10 Å². The maximum absolute atomic E-state index is 12.1. The number of Topliss-reactive ketones (excluding diaryl/α,β-unsaturated/α-hetero) is 1. The zero-order valence-corrected chi connectivity index (χ0v) is 12.2. The van der Waals surface area contributed by atoms with Crippen molar-refractivity contribution in [2.24, 2.45) is 11.8 Å². The molecule has 0 spiro atoms. The first-order chi connectivity index (χ1) is 8.97. The standard InChI is InChI=1S/C16H24O3/c1-11(10-15(17)12(2)13(3)19-4)16(18)14-8-6-5-7-9-14/h5-9,11-13,16,18H,10H2,1-4H3/t11-,12+,13-,16+/m0/s1. The van der Waals surface area contributed by atoms with E-state index in [0.29, 0.717) is 6.42 Å². The Morgan fingerprint density at radius 1 is 1.21 bits per heavy atom. The lowest BCUT2D eigenvalue weighted by atomic mass is 9.88. The molecule has 0 aromatic heterocycles. The normalized spacial score (nSPS) is 17.5. The first kappa shape index (κ1) is 15.9. The van der Waals surface area contributed by atoms with Crippen molar-refractivity contribution < 1.29 is 14.6 Å². The summed E-state index contributed by atoms with van der Waals surface area (Å²) in [6, 6.07) is 9.46. The Hall–Kier alpha value is -1.19. The molecule has 1 rings (SSSR count). The van der Waals surface area contributed by atoms with E-state index in [0.717, 1.165) is 5.56 Å². The minimum atomic E-state index is -0.602. The number of hydrogen-bond donors (Lipinski definition) is 1. The number of carbonyl (C=O) groups excluding carboxylic acids is 1. The molecular weight excluding hydrogens is 240 g/mol. The molecule has 0 aliphatic heterocycles. The average Bonchev–Trinajstić information content (AvgIpc) is 2.45. The molecule has 0 bridgehead atoms. The predicted molar refractivity (Wildman–Crippen MR) is 75.8 cm³/mol. The first-order valence-corrected chi connectivity index (χ1v) is 6.75. The molecule has 0 saturated heterocycles. The Bertz CT molecular complexity index is 388. The number of aliphatic hydroxyl groups excluding tert-OH is 1. The fourth-order valence-electron chi connectivity index (χ4n) is 2.06. The molecule has 0 saturated carbocycles. The second-order valence-electron chi connectivity index (χ2n) is 5.23. The van der Waals surface area contributed by atoms with Gasteiger partial charge in [0.1, 0.15) is 5.78 Å². The summed E-state index contributed by atoms with van der Waals surface area (Å²) in [4.78, 5) is 12.1. The Kier molecular flexibility index (Phi) is 6.19. The summed E-state index contributed by atoms with van der Waals surface area (Å²) in [6.07, 6.45) is -0.325. The van der Waals surface area contributed by atoms with Gasteiger partial charge in [-0.3, -0.25) is 4.79 Å². The number of methoxy groups -OCH3 is 1. The molecule has 0 aliphatic carbocycles. The van der Waals surface area contributed by atoms with Crippen LogP contribution in [0.25, 0.3) is 0 Å². The molecule has 4 atom stereocenters. The zero-order valence-electron chi connectivity index (χ0n) is 12.2. The summed E-state index contributed by atoms with van der Waals surface area (Å²) in [5.41, 5.74) is 0.857. The van der Waals surface area contributed by atoms with Crippen molar-refractivity contribution in [2.75, 3.05) is 7.11 Å². The van der Waals surface area contributed by atoms with E-state index in [9.17, 15) is 9.90 Å². The van der Waals surface area contributed by atoms with Gasteiger partial charge in [-0.25, -0.2) is 0 Å². The van der Waals surface area contributed by atoms with Crippen LogP contribution >= 0.6 is 0 Å². The molecule has 3 heteroatoms. The van der Waals surface area contributed by atoms with Gasteiger partial charge in [-0.1, -0.05) is 44.2 Å². The van der Waals surface area contributed by atoms with Crippen LogP contribution in [0.4, 0.5) is 0 Å². The van der Waals surface area contributed by atoms with Gasteiger partial charge in [0.15, 0.2) is 0 Å². The Morgan fingerprint density at radius 2 is 1.79 bits per heavy atom. The maximum Gasteiger partial charge on any atom is 0.138 e. The van der Waals surface area contributed by atoms with Crippen molar-refractivity contribution in [2.45, 2.75) is 39.4 Å². The molecule has 0 unspecified atom stereocenters. The lowest BCUT2D eigenvalue weighted by molar-refractivity contribution is -0.127. The van der Waals surface area contributed by atoms with E-state index in [1.807, 2.05) is 51.1 Å². The van der Waals surface area contributed by atoms with Crippen molar-refractivity contribution in [3.63, 3.8) is 0 Å². The van der Waals surface area contributed by atoms with Gasteiger partial charge < -0.3 is 9.84 Å². The van der Waals surface area contributed by atoms with E-state index in [1.165, 1.54) is 0 Å². The van der Waals surface area contributed by atoms with E-state index in [-0.39, 0.29) is 23.7 Å². The molecule has 1 N–H and O–H groups in total. The number of benzene rings is 1. The zero-order chi connectivity index (χ0) is 14.4. The predicted octanol–water partition coefficient (Wildman–Crippen LogP) is 2.99. The molecule has 1 aromatic carbocycles. The molecular formula is C16H24O3. The number of ether oxygens (including phenoxy) is 1. The van der Waals surface area contributed by atoms with Crippen LogP contribution in [-0.2, 0) is 9.53 Å². The van der Waals surface area contributed by atoms with Crippen molar-refractivity contribution in [3.05, 3.63) is 35.9 Å². The molecule has 0 aliphatic rings.